The number of piperazine rings is 1. The van der Waals surface area contributed by atoms with Crippen LogP contribution < -0.4 is 5.32 Å². The summed E-state index contributed by atoms with van der Waals surface area (Å²) in [6.45, 7) is 8.44. The number of hydrogen-bond donors (Lipinski definition) is 1. The first-order chi connectivity index (χ1) is 7.33. The molecule has 2 unspecified atom stereocenters. The van der Waals surface area contributed by atoms with Crippen molar-refractivity contribution in [2.24, 2.45) is 5.92 Å². The highest BCUT2D eigenvalue weighted by molar-refractivity contribution is 4.87. The molecule has 2 rings (SSSR count). The first-order valence-electron chi connectivity index (χ1n) is 6.79. The van der Waals surface area contributed by atoms with E-state index in [1.807, 2.05) is 0 Å². The van der Waals surface area contributed by atoms with Gasteiger partial charge in [-0.3, -0.25) is 4.90 Å². The van der Waals surface area contributed by atoms with Crippen LogP contribution in [0.5, 0.6) is 0 Å². The summed E-state index contributed by atoms with van der Waals surface area (Å²) < 4.78 is 0. The van der Waals surface area contributed by atoms with Gasteiger partial charge in [0.15, 0.2) is 0 Å². The SMILES string of the molecule is CCC1CNCCN1C(C)C1CCCC1. The van der Waals surface area contributed by atoms with Crippen molar-refractivity contribution in [3.63, 3.8) is 0 Å². The Morgan fingerprint density at radius 1 is 1.33 bits per heavy atom. The van der Waals surface area contributed by atoms with E-state index in [4.69, 9.17) is 0 Å². The largest absolute Gasteiger partial charge is 0.314 e. The van der Waals surface area contributed by atoms with Crippen molar-refractivity contribution in [3.8, 4) is 0 Å². The quantitative estimate of drug-likeness (QED) is 0.768. The molecule has 2 heteroatoms. The Morgan fingerprint density at radius 2 is 2.07 bits per heavy atom. The fourth-order valence-electron chi connectivity index (χ4n) is 3.40. The summed E-state index contributed by atoms with van der Waals surface area (Å²) in [5, 5.41) is 3.52. The second-order valence-corrected chi connectivity index (χ2v) is 5.29. The van der Waals surface area contributed by atoms with Gasteiger partial charge in [0.2, 0.25) is 0 Å². The number of nitrogens with zero attached hydrogens (tertiary/aromatic N) is 1. The highest BCUT2D eigenvalue weighted by Crippen LogP contribution is 2.31. The van der Waals surface area contributed by atoms with Gasteiger partial charge in [-0.05, 0) is 32.1 Å². The lowest BCUT2D eigenvalue weighted by Crippen LogP contribution is -2.55. The Labute approximate surface area is 94.4 Å². The van der Waals surface area contributed by atoms with Crippen LogP contribution in [0.1, 0.15) is 46.0 Å². The smallest absolute Gasteiger partial charge is 0.0221 e. The molecule has 1 N–H and O–H groups in total. The molecule has 1 saturated heterocycles. The Balaban J connectivity index is 1.93. The third-order valence-corrected chi connectivity index (χ3v) is 4.47. The molecule has 1 saturated carbocycles. The molecule has 0 aromatic rings. The summed E-state index contributed by atoms with van der Waals surface area (Å²) in [5.41, 5.74) is 0. The lowest BCUT2D eigenvalue weighted by atomic mass is 9.95. The van der Waals surface area contributed by atoms with Crippen LogP contribution in [0.4, 0.5) is 0 Å². The first kappa shape index (κ1) is 11.4. The summed E-state index contributed by atoms with van der Waals surface area (Å²) in [7, 11) is 0. The average Bonchev–Trinajstić information content (AvgIpc) is 2.81. The van der Waals surface area contributed by atoms with Crippen molar-refractivity contribution >= 4 is 0 Å². The molecule has 2 atom stereocenters. The van der Waals surface area contributed by atoms with Crippen molar-refractivity contribution in [3.05, 3.63) is 0 Å². The van der Waals surface area contributed by atoms with Gasteiger partial charge in [0.25, 0.3) is 0 Å². The maximum Gasteiger partial charge on any atom is 0.0221 e. The van der Waals surface area contributed by atoms with Crippen LogP contribution in [0.25, 0.3) is 0 Å². The Hall–Kier alpha value is -0.0800. The van der Waals surface area contributed by atoms with E-state index in [0.717, 1.165) is 18.0 Å². The van der Waals surface area contributed by atoms with E-state index in [2.05, 4.69) is 24.1 Å². The monoisotopic (exact) mass is 210 g/mol. The summed E-state index contributed by atoms with van der Waals surface area (Å²) in [5.74, 6) is 0.983. The summed E-state index contributed by atoms with van der Waals surface area (Å²) >= 11 is 0. The van der Waals surface area contributed by atoms with E-state index in [1.54, 1.807) is 0 Å². The van der Waals surface area contributed by atoms with Gasteiger partial charge in [-0.1, -0.05) is 19.8 Å². The molecular weight excluding hydrogens is 184 g/mol. The Bertz CT molecular complexity index is 187. The second-order valence-electron chi connectivity index (χ2n) is 5.29. The van der Waals surface area contributed by atoms with Gasteiger partial charge >= 0.3 is 0 Å². The molecule has 0 aromatic carbocycles. The molecule has 1 heterocycles. The maximum absolute atomic E-state index is 3.52. The van der Waals surface area contributed by atoms with Crippen LogP contribution >= 0.6 is 0 Å². The van der Waals surface area contributed by atoms with E-state index in [0.29, 0.717) is 0 Å². The van der Waals surface area contributed by atoms with Gasteiger partial charge in [-0.2, -0.15) is 0 Å². The van der Waals surface area contributed by atoms with Crippen molar-refractivity contribution in [1.82, 2.24) is 10.2 Å². The predicted molar refractivity (Wildman–Crippen MR) is 65.1 cm³/mol. The molecule has 15 heavy (non-hydrogen) atoms. The molecule has 0 spiro atoms. The minimum Gasteiger partial charge on any atom is -0.314 e. The van der Waals surface area contributed by atoms with Gasteiger partial charge in [0.05, 0.1) is 0 Å². The first-order valence-corrected chi connectivity index (χ1v) is 6.79. The van der Waals surface area contributed by atoms with Gasteiger partial charge in [-0.25, -0.2) is 0 Å². The molecule has 1 aliphatic carbocycles. The maximum atomic E-state index is 3.52. The highest BCUT2D eigenvalue weighted by atomic mass is 15.2. The lowest BCUT2D eigenvalue weighted by molar-refractivity contribution is 0.0790. The number of nitrogens with one attached hydrogen (secondary N) is 1. The van der Waals surface area contributed by atoms with Gasteiger partial charge in [-0.15, -0.1) is 0 Å². The molecule has 1 aliphatic heterocycles. The molecule has 2 aliphatic rings. The zero-order chi connectivity index (χ0) is 10.7. The van der Waals surface area contributed by atoms with E-state index >= 15 is 0 Å². The minimum atomic E-state index is 0.786. The molecule has 0 aromatic heterocycles. The predicted octanol–water partition coefficient (Wildman–Crippen LogP) is 2.25. The third-order valence-electron chi connectivity index (χ3n) is 4.47. The molecule has 2 nitrogen and oxygen atoms in total. The van der Waals surface area contributed by atoms with Crippen molar-refractivity contribution in [2.45, 2.75) is 58.0 Å². The number of rotatable bonds is 3. The van der Waals surface area contributed by atoms with Crippen molar-refractivity contribution < 1.29 is 0 Å². The lowest BCUT2D eigenvalue weighted by Gasteiger charge is -2.42. The molecule has 0 amide bonds. The molecular formula is C13H26N2. The number of hydrogen-bond acceptors (Lipinski definition) is 2. The van der Waals surface area contributed by atoms with Crippen molar-refractivity contribution in [2.75, 3.05) is 19.6 Å². The molecule has 88 valence electrons. The van der Waals surface area contributed by atoms with Crippen molar-refractivity contribution in [1.29, 1.82) is 0 Å². The Morgan fingerprint density at radius 3 is 2.73 bits per heavy atom. The molecule has 2 fully saturated rings. The average molecular weight is 210 g/mol. The normalized spacial score (nSPS) is 32.0. The molecule has 0 radical (unpaired) electrons. The van der Waals surface area contributed by atoms with Crippen LogP contribution in [0.3, 0.4) is 0 Å². The van der Waals surface area contributed by atoms with E-state index < -0.39 is 0 Å². The van der Waals surface area contributed by atoms with Crippen LogP contribution in [0.15, 0.2) is 0 Å². The minimum absolute atomic E-state index is 0.786. The zero-order valence-corrected chi connectivity index (χ0v) is 10.3. The highest BCUT2D eigenvalue weighted by Gasteiger charge is 2.31. The van der Waals surface area contributed by atoms with Gasteiger partial charge in [0.1, 0.15) is 0 Å². The fraction of sp³-hybridized carbons (Fsp3) is 1.00. The molecule has 0 bridgehead atoms. The van der Waals surface area contributed by atoms with E-state index in [-0.39, 0.29) is 0 Å². The van der Waals surface area contributed by atoms with Gasteiger partial charge < -0.3 is 5.32 Å². The second kappa shape index (κ2) is 5.31. The van der Waals surface area contributed by atoms with E-state index in [1.165, 1.54) is 51.7 Å². The summed E-state index contributed by atoms with van der Waals surface area (Å²) in [6, 6.07) is 1.61. The van der Waals surface area contributed by atoms with Gasteiger partial charge in [0, 0.05) is 31.7 Å². The fourth-order valence-corrected chi connectivity index (χ4v) is 3.40. The van der Waals surface area contributed by atoms with Crippen LogP contribution in [-0.4, -0.2) is 36.6 Å². The van der Waals surface area contributed by atoms with E-state index in [9.17, 15) is 0 Å². The van der Waals surface area contributed by atoms with Crippen LogP contribution in [-0.2, 0) is 0 Å². The zero-order valence-electron chi connectivity index (χ0n) is 10.3. The van der Waals surface area contributed by atoms with Crippen LogP contribution in [0.2, 0.25) is 0 Å². The topological polar surface area (TPSA) is 15.3 Å². The summed E-state index contributed by atoms with van der Waals surface area (Å²) in [6.07, 6.45) is 7.18. The summed E-state index contributed by atoms with van der Waals surface area (Å²) in [4.78, 5) is 2.77. The third kappa shape index (κ3) is 2.54. The van der Waals surface area contributed by atoms with Crippen LogP contribution in [0, 0.1) is 5.92 Å². The standard InChI is InChI=1S/C13H26N2/c1-3-13-10-14-8-9-15(13)11(2)12-6-4-5-7-12/h11-14H,3-10H2,1-2H3. The Kier molecular flexibility index (Phi) is 4.04.